The van der Waals surface area contributed by atoms with Crippen molar-refractivity contribution in [1.29, 1.82) is 0 Å². The SMILES string of the molecule is COC(=O)c1cncc(OCc2ccc3c(n2)NCC3)c1. The number of carbonyl (C=O) groups excluding carboxylic acids is 1. The number of pyridine rings is 2. The summed E-state index contributed by atoms with van der Waals surface area (Å²) in [6, 6.07) is 5.61. The molecule has 2 aromatic heterocycles. The molecule has 0 saturated heterocycles. The Hall–Kier alpha value is -2.63. The van der Waals surface area contributed by atoms with Crippen LogP contribution in [0.2, 0.25) is 0 Å². The number of hydrogen-bond acceptors (Lipinski definition) is 6. The molecule has 2 aromatic rings. The van der Waals surface area contributed by atoms with Gasteiger partial charge in [0.1, 0.15) is 18.2 Å². The van der Waals surface area contributed by atoms with Crippen LogP contribution in [-0.4, -0.2) is 29.6 Å². The highest BCUT2D eigenvalue weighted by molar-refractivity contribution is 5.89. The van der Waals surface area contributed by atoms with Gasteiger partial charge < -0.3 is 14.8 Å². The molecule has 3 rings (SSSR count). The molecule has 0 amide bonds. The summed E-state index contributed by atoms with van der Waals surface area (Å²) in [5, 5.41) is 3.23. The molecule has 1 aliphatic rings. The molecule has 0 unspecified atom stereocenters. The summed E-state index contributed by atoms with van der Waals surface area (Å²) in [4.78, 5) is 19.9. The number of nitrogens with one attached hydrogen (secondary N) is 1. The van der Waals surface area contributed by atoms with Crippen LogP contribution in [-0.2, 0) is 17.8 Å². The van der Waals surface area contributed by atoms with Crippen molar-refractivity contribution in [2.75, 3.05) is 19.0 Å². The van der Waals surface area contributed by atoms with E-state index < -0.39 is 5.97 Å². The quantitative estimate of drug-likeness (QED) is 0.864. The number of hydrogen-bond donors (Lipinski definition) is 1. The standard InChI is InChI=1S/C15H15N3O3/c1-20-15(19)11-6-13(8-16-7-11)21-9-12-3-2-10-4-5-17-14(10)18-12/h2-3,6-8H,4-5,9H2,1H3,(H,17,18). The van der Waals surface area contributed by atoms with Crippen LogP contribution < -0.4 is 10.1 Å². The molecule has 0 spiro atoms. The van der Waals surface area contributed by atoms with Gasteiger partial charge in [-0.2, -0.15) is 0 Å². The second kappa shape index (κ2) is 5.78. The van der Waals surface area contributed by atoms with Crippen molar-refractivity contribution in [2.24, 2.45) is 0 Å². The number of aromatic nitrogens is 2. The van der Waals surface area contributed by atoms with E-state index in [9.17, 15) is 4.79 Å². The number of nitrogens with zero attached hydrogens (tertiary/aromatic N) is 2. The van der Waals surface area contributed by atoms with Crippen LogP contribution in [0.5, 0.6) is 5.75 Å². The number of anilines is 1. The zero-order valence-corrected chi connectivity index (χ0v) is 11.6. The summed E-state index contributed by atoms with van der Waals surface area (Å²) >= 11 is 0. The molecule has 3 heterocycles. The van der Waals surface area contributed by atoms with E-state index in [0.29, 0.717) is 17.9 Å². The third-order valence-corrected chi connectivity index (χ3v) is 3.24. The van der Waals surface area contributed by atoms with Crippen molar-refractivity contribution in [3.05, 3.63) is 47.4 Å². The fourth-order valence-corrected chi connectivity index (χ4v) is 2.16. The van der Waals surface area contributed by atoms with Crippen molar-refractivity contribution in [1.82, 2.24) is 9.97 Å². The highest BCUT2D eigenvalue weighted by Crippen LogP contribution is 2.20. The van der Waals surface area contributed by atoms with Crippen LogP contribution in [0.1, 0.15) is 21.6 Å². The highest BCUT2D eigenvalue weighted by Gasteiger charge is 2.12. The smallest absolute Gasteiger partial charge is 0.339 e. The summed E-state index contributed by atoms with van der Waals surface area (Å²) in [5.41, 5.74) is 2.42. The summed E-state index contributed by atoms with van der Waals surface area (Å²) < 4.78 is 10.3. The van der Waals surface area contributed by atoms with Crippen LogP contribution in [0.15, 0.2) is 30.6 Å². The van der Waals surface area contributed by atoms with Gasteiger partial charge in [0.15, 0.2) is 0 Å². The Kier molecular flexibility index (Phi) is 3.68. The van der Waals surface area contributed by atoms with Crippen LogP contribution >= 0.6 is 0 Å². The van der Waals surface area contributed by atoms with Gasteiger partial charge in [-0.3, -0.25) is 4.98 Å². The van der Waals surface area contributed by atoms with Crippen molar-refractivity contribution in [2.45, 2.75) is 13.0 Å². The van der Waals surface area contributed by atoms with E-state index in [1.54, 1.807) is 12.3 Å². The monoisotopic (exact) mass is 285 g/mol. The molecule has 6 heteroatoms. The van der Waals surface area contributed by atoms with Crippen molar-refractivity contribution < 1.29 is 14.3 Å². The molecule has 6 nitrogen and oxygen atoms in total. The minimum atomic E-state index is -0.437. The molecule has 0 aromatic carbocycles. The number of methoxy groups -OCH3 is 1. The second-order valence-corrected chi connectivity index (χ2v) is 4.68. The first kappa shape index (κ1) is 13.4. The first-order chi connectivity index (χ1) is 10.3. The highest BCUT2D eigenvalue weighted by atomic mass is 16.5. The Morgan fingerprint density at radius 3 is 3.14 bits per heavy atom. The third kappa shape index (κ3) is 2.94. The molecule has 1 aliphatic heterocycles. The van der Waals surface area contributed by atoms with Crippen molar-refractivity contribution >= 4 is 11.8 Å². The number of esters is 1. The number of ether oxygens (including phenoxy) is 2. The van der Waals surface area contributed by atoms with Gasteiger partial charge in [-0.1, -0.05) is 6.07 Å². The lowest BCUT2D eigenvalue weighted by atomic mass is 10.2. The van der Waals surface area contributed by atoms with E-state index in [2.05, 4.69) is 26.1 Å². The molecule has 1 N–H and O–H groups in total. The van der Waals surface area contributed by atoms with E-state index in [4.69, 9.17) is 4.74 Å². The van der Waals surface area contributed by atoms with Gasteiger partial charge in [-0.05, 0) is 24.1 Å². The Bertz CT molecular complexity index is 673. The van der Waals surface area contributed by atoms with Crippen molar-refractivity contribution in [3.63, 3.8) is 0 Å². The molecule has 108 valence electrons. The van der Waals surface area contributed by atoms with Gasteiger partial charge in [0.2, 0.25) is 0 Å². The van der Waals surface area contributed by atoms with E-state index in [1.807, 2.05) is 6.07 Å². The van der Waals surface area contributed by atoms with Crippen LogP contribution in [0, 0.1) is 0 Å². The number of rotatable bonds is 4. The van der Waals surface area contributed by atoms with Gasteiger partial charge in [0, 0.05) is 12.7 Å². The average molecular weight is 285 g/mol. The zero-order valence-electron chi connectivity index (χ0n) is 11.6. The number of carbonyl (C=O) groups is 1. The van der Waals surface area contributed by atoms with Gasteiger partial charge in [0.05, 0.1) is 24.6 Å². The lowest BCUT2D eigenvalue weighted by molar-refractivity contribution is 0.0599. The van der Waals surface area contributed by atoms with Gasteiger partial charge in [-0.15, -0.1) is 0 Å². The fraction of sp³-hybridized carbons (Fsp3) is 0.267. The predicted molar refractivity (Wildman–Crippen MR) is 76.3 cm³/mol. The van der Waals surface area contributed by atoms with Crippen LogP contribution in [0.25, 0.3) is 0 Å². The second-order valence-electron chi connectivity index (χ2n) is 4.68. The lowest BCUT2D eigenvalue weighted by Gasteiger charge is -2.08. The third-order valence-electron chi connectivity index (χ3n) is 3.24. The Morgan fingerprint density at radius 1 is 1.38 bits per heavy atom. The van der Waals surface area contributed by atoms with E-state index in [1.165, 1.54) is 18.9 Å². The van der Waals surface area contributed by atoms with Crippen molar-refractivity contribution in [3.8, 4) is 5.75 Å². The summed E-state index contributed by atoms with van der Waals surface area (Å²) in [6.07, 6.45) is 4.00. The molecular weight excluding hydrogens is 270 g/mol. The zero-order chi connectivity index (χ0) is 14.7. The van der Waals surface area contributed by atoms with Gasteiger partial charge in [0.25, 0.3) is 0 Å². The maximum absolute atomic E-state index is 11.4. The largest absolute Gasteiger partial charge is 0.486 e. The normalized spacial score (nSPS) is 12.4. The molecule has 0 aliphatic carbocycles. The average Bonchev–Trinajstić information content (AvgIpc) is 3.00. The molecule has 0 saturated carbocycles. The molecule has 0 atom stereocenters. The van der Waals surface area contributed by atoms with E-state index in [-0.39, 0.29) is 0 Å². The maximum Gasteiger partial charge on any atom is 0.339 e. The Balaban J connectivity index is 1.69. The van der Waals surface area contributed by atoms with Gasteiger partial charge in [-0.25, -0.2) is 9.78 Å². The van der Waals surface area contributed by atoms with Crippen LogP contribution in [0.3, 0.4) is 0 Å². The minimum absolute atomic E-state index is 0.321. The van der Waals surface area contributed by atoms with E-state index in [0.717, 1.165) is 24.5 Å². The summed E-state index contributed by atoms with van der Waals surface area (Å²) in [6.45, 7) is 1.25. The topological polar surface area (TPSA) is 73.3 Å². The summed E-state index contributed by atoms with van der Waals surface area (Å²) in [7, 11) is 1.33. The Morgan fingerprint density at radius 2 is 2.29 bits per heavy atom. The fourth-order valence-electron chi connectivity index (χ4n) is 2.16. The molecule has 21 heavy (non-hydrogen) atoms. The van der Waals surface area contributed by atoms with Gasteiger partial charge >= 0.3 is 5.97 Å². The first-order valence-electron chi connectivity index (χ1n) is 6.65. The Labute approximate surface area is 122 Å². The molecular formula is C15H15N3O3. The molecule has 0 fully saturated rings. The summed E-state index contributed by atoms with van der Waals surface area (Å²) in [5.74, 6) is 0.999. The molecule has 0 radical (unpaired) electrons. The number of fused-ring (bicyclic) bond motifs is 1. The maximum atomic E-state index is 11.4. The van der Waals surface area contributed by atoms with Crippen LogP contribution in [0.4, 0.5) is 5.82 Å². The first-order valence-corrected chi connectivity index (χ1v) is 6.65. The minimum Gasteiger partial charge on any atom is -0.486 e. The lowest BCUT2D eigenvalue weighted by Crippen LogP contribution is -2.04. The van der Waals surface area contributed by atoms with E-state index >= 15 is 0 Å². The molecule has 0 bridgehead atoms. The predicted octanol–water partition coefficient (Wildman–Crippen LogP) is 1.81.